The van der Waals surface area contributed by atoms with Gasteiger partial charge < -0.3 is 10.3 Å². The van der Waals surface area contributed by atoms with E-state index >= 15 is 0 Å². The van der Waals surface area contributed by atoms with Gasteiger partial charge in [0.05, 0.1) is 6.54 Å². The maximum Gasteiger partial charge on any atom is 0.224 e. The molecule has 0 atom stereocenters. The Labute approximate surface area is 127 Å². The number of hydrogen-bond donors (Lipinski definition) is 2. The zero-order valence-electron chi connectivity index (χ0n) is 12.7. The minimum absolute atomic E-state index is 0.151. The molecule has 6 nitrogen and oxygen atoms in total. The first kappa shape index (κ1) is 14.4. The number of H-pyrrole nitrogens is 1. The lowest BCUT2D eigenvalue weighted by Gasteiger charge is -2.14. The van der Waals surface area contributed by atoms with Crippen LogP contribution >= 0.6 is 0 Å². The van der Waals surface area contributed by atoms with Crippen LogP contribution in [0, 0.1) is 6.92 Å². The van der Waals surface area contributed by atoms with Gasteiger partial charge in [0, 0.05) is 41.3 Å². The molecule has 0 fully saturated rings. The molecule has 0 bridgehead atoms. The molecular weight excluding hydrogens is 283 g/mol. The van der Waals surface area contributed by atoms with Crippen molar-refractivity contribution in [1.82, 2.24) is 24.9 Å². The van der Waals surface area contributed by atoms with E-state index in [1.54, 1.807) is 18.6 Å². The summed E-state index contributed by atoms with van der Waals surface area (Å²) in [6, 6.07) is 0. The molecule has 0 unspecified atom stereocenters. The van der Waals surface area contributed by atoms with Gasteiger partial charge in [-0.3, -0.25) is 0 Å². The van der Waals surface area contributed by atoms with E-state index in [1.165, 1.54) is 13.8 Å². The largest absolute Gasteiger partial charge is 0.351 e. The van der Waals surface area contributed by atoms with Gasteiger partial charge in [0.15, 0.2) is 0 Å². The van der Waals surface area contributed by atoms with Gasteiger partial charge in [0.25, 0.3) is 0 Å². The van der Waals surface area contributed by atoms with Crippen LogP contribution in [0.2, 0.25) is 0 Å². The second kappa shape index (κ2) is 5.32. The highest BCUT2D eigenvalue weighted by molar-refractivity contribution is 5.93. The summed E-state index contributed by atoms with van der Waals surface area (Å²) in [6.45, 7) is 5.00. The molecule has 3 aromatic rings. The molecule has 0 saturated heterocycles. The van der Waals surface area contributed by atoms with Crippen LogP contribution in [-0.2, 0) is 0 Å². The number of nitrogens with one attached hydrogen (secondary N) is 2. The Hall–Kier alpha value is -2.57. The van der Waals surface area contributed by atoms with Crippen LogP contribution in [0.5, 0.6) is 0 Å². The van der Waals surface area contributed by atoms with Gasteiger partial charge in [-0.05, 0) is 20.8 Å². The summed E-state index contributed by atoms with van der Waals surface area (Å²) in [5.74, 6) is 1.12. The molecule has 0 aliphatic rings. The lowest BCUT2D eigenvalue weighted by atomic mass is 10.1. The molecule has 114 valence electrons. The molecule has 0 amide bonds. The third-order valence-corrected chi connectivity index (χ3v) is 3.19. The van der Waals surface area contributed by atoms with Crippen LogP contribution in [0.4, 0.5) is 10.3 Å². The molecule has 2 N–H and O–H groups in total. The molecule has 0 radical (unpaired) electrons. The van der Waals surface area contributed by atoms with E-state index in [2.05, 4.69) is 30.2 Å². The maximum absolute atomic E-state index is 13.5. The first-order chi connectivity index (χ1) is 10.4. The first-order valence-electron chi connectivity index (χ1n) is 6.98. The number of aryl methyl sites for hydroxylation is 1. The Morgan fingerprint density at radius 3 is 2.59 bits per heavy atom. The van der Waals surface area contributed by atoms with Crippen molar-refractivity contribution in [2.45, 2.75) is 26.4 Å². The van der Waals surface area contributed by atoms with E-state index in [4.69, 9.17) is 0 Å². The van der Waals surface area contributed by atoms with Crippen molar-refractivity contribution in [1.29, 1.82) is 0 Å². The fourth-order valence-electron chi connectivity index (χ4n) is 2.05. The molecule has 0 saturated carbocycles. The van der Waals surface area contributed by atoms with Crippen molar-refractivity contribution in [3.63, 3.8) is 0 Å². The summed E-state index contributed by atoms with van der Waals surface area (Å²) < 4.78 is 13.5. The molecule has 0 aliphatic carbocycles. The van der Waals surface area contributed by atoms with Crippen LogP contribution in [0.25, 0.3) is 22.2 Å². The minimum Gasteiger partial charge on any atom is -0.351 e. The maximum atomic E-state index is 13.5. The Morgan fingerprint density at radius 1 is 1.18 bits per heavy atom. The van der Waals surface area contributed by atoms with Gasteiger partial charge in [-0.15, -0.1) is 0 Å². The lowest BCUT2D eigenvalue weighted by Crippen LogP contribution is -2.25. The average Bonchev–Trinajstić information content (AvgIpc) is 2.88. The number of anilines is 1. The topological polar surface area (TPSA) is 79.4 Å². The summed E-state index contributed by atoms with van der Waals surface area (Å²) in [7, 11) is 0. The van der Waals surface area contributed by atoms with Crippen molar-refractivity contribution in [3.8, 4) is 11.1 Å². The average molecular weight is 300 g/mol. The van der Waals surface area contributed by atoms with Crippen molar-refractivity contribution < 1.29 is 4.39 Å². The Balaban J connectivity index is 1.91. The van der Waals surface area contributed by atoms with E-state index in [0.717, 1.165) is 22.3 Å². The second-order valence-electron chi connectivity index (χ2n) is 5.75. The standard InChI is InChI=1S/C15H17FN6/c1-9-17-4-10(5-18-9)11-6-19-13-12(11)7-20-14(22-13)21-8-15(2,3)16/h4-7H,8H2,1-3H3,(H2,19,20,21,22). The van der Waals surface area contributed by atoms with Gasteiger partial charge in [-0.25, -0.2) is 19.3 Å². The molecule has 3 heterocycles. The zero-order valence-corrected chi connectivity index (χ0v) is 12.7. The van der Waals surface area contributed by atoms with Gasteiger partial charge >= 0.3 is 0 Å². The second-order valence-corrected chi connectivity index (χ2v) is 5.75. The number of alkyl halides is 1. The van der Waals surface area contributed by atoms with Crippen molar-refractivity contribution in [3.05, 3.63) is 30.6 Å². The zero-order chi connectivity index (χ0) is 15.7. The van der Waals surface area contributed by atoms with Crippen LogP contribution in [0.3, 0.4) is 0 Å². The fraction of sp³-hybridized carbons (Fsp3) is 0.333. The Morgan fingerprint density at radius 2 is 1.91 bits per heavy atom. The highest BCUT2D eigenvalue weighted by atomic mass is 19.1. The SMILES string of the molecule is Cc1ncc(-c2c[nH]c3nc(NCC(C)(C)F)ncc23)cn1. The van der Waals surface area contributed by atoms with Crippen LogP contribution < -0.4 is 5.32 Å². The van der Waals surface area contributed by atoms with Crippen molar-refractivity contribution >= 4 is 17.0 Å². The summed E-state index contributed by atoms with van der Waals surface area (Å²) in [6.07, 6.45) is 7.09. The number of halogens is 1. The number of aromatic amines is 1. The summed E-state index contributed by atoms with van der Waals surface area (Å²) in [5, 5.41) is 3.76. The highest BCUT2D eigenvalue weighted by Gasteiger charge is 2.16. The molecule has 3 rings (SSSR count). The van der Waals surface area contributed by atoms with Crippen LogP contribution in [0.15, 0.2) is 24.8 Å². The third kappa shape index (κ3) is 3.03. The van der Waals surface area contributed by atoms with Gasteiger partial charge in [-0.2, -0.15) is 4.98 Å². The monoisotopic (exact) mass is 300 g/mol. The third-order valence-electron chi connectivity index (χ3n) is 3.19. The summed E-state index contributed by atoms with van der Waals surface area (Å²) in [4.78, 5) is 20.1. The first-order valence-corrected chi connectivity index (χ1v) is 6.98. The molecular formula is C15H17FN6. The van der Waals surface area contributed by atoms with Crippen LogP contribution in [-0.4, -0.2) is 37.1 Å². The van der Waals surface area contributed by atoms with E-state index < -0.39 is 5.67 Å². The fourth-order valence-corrected chi connectivity index (χ4v) is 2.05. The van der Waals surface area contributed by atoms with Crippen LogP contribution in [0.1, 0.15) is 19.7 Å². The van der Waals surface area contributed by atoms with Gasteiger partial charge in [-0.1, -0.05) is 0 Å². The number of fused-ring (bicyclic) bond motifs is 1. The predicted octanol–water partition coefficient (Wildman–Crippen LogP) is 2.88. The lowest BCUT2D eigenvalue weighted by molar-refractivity contribution is 0.234. The summed E-state index contributed by atoms with van der Waals surface area (Å²) in [5.41, 5.74) is 1.20. The molecule has 3 aromatic heterocycles. The molecule has 0 aliphatic heterocycles. The number of rotatable bonds is 4. The quantitative estimate of drug-likeness (QED) is 0.774. The van der Waals surface area contributed by atoms with E-state index in [-0.39, 0.29) is 6.54 Å². The van der Waals surface area contributed by atoms with Gasteiger partial charge in [0.1, 0.15) is 17.1 Å². The van der Waals surface area contributed by atoms with Crippen molar-refractivity contribution in [2.24, 2.45) is 0 Å². The smallest absolute Gasteiger partial charge is 0.224 e. The minimum atomic E-state index is -1.32. The molecule has 0 spiro atoms. The van der Waals surface area contributed by atoms with E-state index in [0.29, 0.717) is 11.6 Å². The molecule has 7 heteroatoms. The number of hydrogen-bond acceptors (Lipinski definition) is 5. The van der Waals surface area contributed by atoms with Crippen molar-refractivity contribution in [2.75, 3.05) is 11.9 Å². The Bertz CT molecular complexity index is 788. The molecule has 0 aromatic carbocycles. The normalized spacial score (nSPS) is 11.8. The van der Waals surface area contributed by atoms with E-state index in [1.807, 2.05) is 13.1 Å². The predicted molar refractivity (Wildman–Crippen MR) is 83.3 cm³/mol. The Kier molecular flexibility index (Phi) is 3.48. The van der Waals surface area contributed by atoms with Gasteiger partial charge in [0.2, 0.25) is 5.95 Å². The highest BCUT2D eigenvalue weighted by Crippen LogP contribution is 2.26. The number of aromatic nitrogens is 5. The summed E-state index contributed by atoms with van der Waals surface area (Å²) >= 11 is 0. The number of nitrogens with zero attached hydrogens (tertiary/aromatic N) is 4. The van der Waals surface area contributed by atoms with E-state index in [9.17, 15) is 4.39 Å². The molecule has 22 heavy (non-hydrogen) atoms.